The lowest BCUT2D eigenvalue weighted by atomic mass is 10.0. The predicted octanol–water partition coefficient (Wildman–Crippen LogP) is 0.409. The molecule has 8 heteroatoms. The van der Waals surface area contributed by atoms with Gasteiger partial charge in [-0.1, -0.05) is 6.07 Å². The number of halogens is 1. The number of phenols is 1. The van der Waals surface area contributed by atoms with E-state index in [0.717, 1.165) is 18.4 Å². The topological polar surface area (TPSA) is 118 Å². The molecule has 0 aromatic heterocycles. The second-order valence-corrected chi connectivity index (χ2v) is 5.78. The Morgan fingerprint density at radius 3 is 2.50 bits per heavy atom. The summed E-state index contributed by atoms with van der Waals surface area (Å²) in [6, 6.07) is 0.926. The molecule has 0 fully saturated rings. The number of nitrogens with two attached hydrogens (primary N) is 1. The van der Waals surface area contributed by atoms with E-state index in [4.69, 9.17) is 10.8 Å². The minimum Gasteiger partial charge on any atom is -0.505 e. The van der Waals surface area contributed by atoms with Crippen LogP contribution in [-0.4, -0.2) is 30.9 Å². The number of benzene rings is 1. The zero-order valence-electron chi connectivity index (χ0n) is 9.42. The Morgan fingerprint density at radius 2 is 2.06 bits per heavy atom. The Kier molecular flexibility index (Phi) is 3.92. The molecule has 0 heterocycles. The minimum atomic E-state index is -3.81. The Bertz CT molecular complexity index is 584. The first-order valence-corrected chi connectivity index (χ1v) is 6.72. The predicted molar refractivity (Wildman–Crippen MR) is 60.4 cm³/mol. The van der Waals surface area contributed by atoms with Crippen molar-refractivity contribution in [2.45, 2.75) is 17.4 Å². The number of carboxylic acids is 1. The van der Waals surface area contributed by atoms with Crippen molar-refractivity contribution in [2.24, 2.45) is 5.73 Å². The van der Waals surface area contributed by atoms with Gasteiger partial charge in [-0.25, -0.2) is 12.8 Å². The molecule has 100 valence electrons. The molecule has 18 heavy (non-hydrogen) atoms. The van der Waals surface area contributed by atoms with Crippen molar-refractivity contribution in [2.75, 3.05) is 6.26 Å². The van der Waals surface area contributed by atoms with Crippen molar-refractivity contribution in [1.29, 1.82) is 0 Å². The molecule has 6 nitrogen and oxygen atoms in total. The molecule has 1 rings (SSSR count). The molecule has 0 radical (unpaired) electrons. The Labute approximate surface area is 103 Å². The van der Waals surface area contributed by atoms with Crippen LogP contribution in [0.5, 0.6) is 5.75 Å². The number of sulfone groups is 1. The maximum Gasteiger partial charge on any atom is 0.305 e. The van der Waals surface area contributed by atoms with Crippen molar-refractivity contribution in [1.82, 2.24) is 0 Å². The third kappa shape index (κ3) is 2.96. The average molecular weight is 277 g/mol. The molecule has 0 bridgehead atoms. The van der Waals surface area contributed by atoms with Crippen LogP contribution < -0.4 is 5.73 Å². The van der Waals surface area contributed by atoms with Crippen LogP contribution in [0.1, 0.15) is 18.0 Å². The lowest BCUT2D eigenvalue weighted by Gasteiger charge is -2.13. The highest BCUT2D eigenvalue weighted by molar-refractivity contribution is 7.90. The first-order chi connectivity index (χ1) is 8.14. The third-order valence-corrected chi connectivity index (χ3v) is 3.42. The monoisotopic (exact) mass is 277 g/mol. The fourth-order valence-corrected chi connectivity index (χ4v) is 2.18. The van der Waals surface area contributed by atoms with Gasteiger partial charge in [0.2, 0.25) is 0 Å². The summed E-state index contributed by atoms with van der Waals surface area (Å²) < 4.78 is 36.0. The maximum atomic E-state index is 13.6. The van der Waals surface area contributed by atoms with Crippen LogP contribution in [0, 0.1) is 5.82 Å². The molecule has 0 amide bonds. The van der Waals surface area contributed by atoms with Crippen molar-refractivity contribution in [3.05, 3.63) is 23.5 Å². The highest BCUT2D eigenvalue weighted by Crippen LogP contribution is 2.31. The van der Waals surface area contributed by atoms with Crippen molar-refractivity contribution >= 4 is 15.8 Å². The Morgan fingerprint density at radius 1 is 1.50 bits per heavy atom. The standard InChI is InChI=1S/C10H12FNO5S/c1-18(16,17)7-3-2-5(10(15)9(7)11)6(12)4-8(13)14/h2-3,6,15H,4,12H2,1H3,(H,13,14). The molecule has 1 aromatic rings. The SMILES string of the molecule is CS(=O)(=O)c1ccc(C(N)CC(=O)O)c(O)c1F. The van der Waals surface area contributed by atoms with Gasteiger partial charge in [0.05, 0.1) is 6.42 Å². The van der Waals surface area contributed by atoms with E-state index in [1.54, 1.807) is 0 Å². The van der Waals surface area contributed by atoms with Gasteiger partial charge >= 0.3 is 5.97 Å². The van der Waals surface area contributed by atoms with Gasteiger partial charge in [0.25, 0.3) is 0 Å². The summed E-state index contributed by atoms with van der Waals surface area (Å²) >= 11 is 0. The largest absolute Gasteiger partial charge is 0.505 e. The lowest BCUT2D eigenvalue weighted by molar-refractivity contribution is -0.137. The molecule has 1 aromatic carbocycles. The highest BCUT2D eigenvalue weighted by Gasteiger charge is 2.23. The molecular weight excluding hydrogens is 265 g/mol. The van der Waals surface area contributed by atoms with Gasteiger partial charge in [-0.3, -0.25) is 4.79 Å². The second kappa shape index (κ2) is 4.91. The second-order valence-electron chi connectivity index (χ2n) is 3.79. The van der Waals surface area contributed by atoms with E-state index in [0.29, 0.717) is 0 Å². The number of phenolic OH excluding ortho intramolecular Hbond substituents is 1. The summed E-state index contributed by atoms with van der Waals surface area (Å²) in [4.78, 5) is 9.79. The van der Waals surface area contributed by atoms with E-state index < -0.39 is 44.7 Å². The van der Waals surface area contributed by atoms with Crippen LogP contribution >= 0.6 is 0 Å². The van der Waals surface area contributed by atoms with Crippen LogP contribution in [-0.2, 0) is 14.6 Å². The number of rotatable bonds is 4. The van der Waals surface area contributed by atoms with Crippen molar-refractivity contribution in [3.63, 3.8) is 0 Å². The van der Waals surface area contributed by atoms with Gasteiger partial charge in [-0.05, 0) is 6.07 Å². The molecule has 0 saturated carbocycles. The quantitative estimate of drug-likeness (QED) is 0.733. The van der Waals surface area contributed by atoms with Crippen LogP contribution in [0.2, 0.25) is 0 Å². The highest BCUT2D eigenvalue weighted by atomic mass is 32.2. The minimum absolute atomic E-state index is 0.151. The fourth-order valence-electron chi connectivity index (χ4n) is 1.44. The zero-order valence-corrected chi connectivity index (χ0v) is 10.2. The summed E-state index contributed by atoms with van der Waals surface area (Å²) in [5.74, 6) is -3.47. The fraction of sp³-hybridized carbons (Fsp3) is 0.300. The molecular formula is C10H12FNO5S. The summed E-state index contributed by atoms with van der Waals surface area (Å²) in [6.45, 7) is 0. The number of aliphatic carboxylic acids is 1. The van der Waals surface area contributed by atoms with Crippen molar-refractivity contribution in [3.8, 4) is 5.75 Å². The Hall–Kier alpha value is -1.67. The van der Waals surface area contributed by atoms with Crippen molar-refractivity contribution < 1.29 is 27.8 Å². The zero-order chi connectivity index (χ0) is 14.1. The molecule has 1 atom stereocenters. The summed E-state index contributed by atoms with van der Waals surface area (Å²) in [5.41, 5.74) is 5.32. The van der Waals surface area contributed by atoms with E-state index in [2.05, 4.69) is 0 Å². The van der Waals surface area contributed by atoms with Gasteiger partial charge in [0, 0.05) is 17.9 Å². The molecule has 0 saturated heterocycles. The summed E-state index contributed by atoms with van der Waals surface area (Å²) in [7, 11) is -3.81. The number of hydrogen-bond acceptors (Lipinski definition) is 5. The van der Waals surface area contributed by atoms with Gasteiger partial charge in [-0.2, -0.15) is 0 Å². The number of hydrogen-bond donors (Lipinski definition) is 3. The first-order valence-electron chi connectivity index (χ1n) is 4.83. The van der Waals surface area contributed by atoms with Gasteiger partial charge < -0.3 is 15.9 Å². The summed E-state index contributed by atoms with van der Waals surface area (Å²) in [6.07, 6.45) is 0.285. The van der Waals surface area contributed by atoms with Crippen LogP contribution in [0.4, 0.5) is 4.39 Å². The molecule has 0 spiro atoms. The average Bonchev–Trinajstić information content (AvgIpc) is 2.18. The van der Waals surface area contributed by atoms with Gasteiger partial charge in [0.15, 0.2) is 21.4 Å². The number of aromatic hydroxyl groups is 1. The molecule has 0 aliphatic rings. The normalized spacial score (nSPS) is 13.3. The third-order valence-electron chi connectivity index (χ3n) is 2.31. The van der Waals surface area contributed by atoms with Gasteiger partial charge in [0.1, 0.15) is 4.90 Å². The van der Waals surface area contributed by atoms with E-state index in [1.807, 2.05) is 0 Å². The van der Waals surface area contributed by atoms with Crippen LogP contribution in [0.15, 0.2) is 17.0 Å². The van der Waals surface area contributed by atoms with Crippen LogP contribution in [0.3, 0.4) is 0 Å². The number of carbonyl (C=O) groups is 1. The molecule has 0 aliphatic carbocycles. The van der Waals surface area contributed by atoms with E-state index in [-0.39, 0.29) is 5.56 Å². The van der Waals surface area contributed by atoms with E-state index in [9.17, 15) is 22.7 Å². The van der Waals surface area contributed by atoms with Gasteiger partial charge in [-0.15, -0.1) is 0 Å². The number of carboxylic acid groups (broad SMARTS) is 1. The summed E-state index contributed by atoms with van der Waals surface area (Å²) in [5, 5.41) is 18.1. The van der Waals surface area contributed by atoms with Crippen LogP contribution in [0.25, 0.3) is 0 Å². The maximum absolute atomic E-state index is 13.6. The first kappa shape index (κ1) is 14.4. The lowest BCUT2D eigenvalue weighted by Crippen LogP contribution is -2.16. The smallest absolute Gasteiger partial charge is 0.305 e. The van der Waals surface area contributed by atoms with E-state index in [1.165, 1.54) is 0 Å². The van der Waals surface area contributed by atoms with E-state index >= 15 is 0 Å². The molecule has 1 unspecified atom stereocenters. The molecule has 4 N–H and O–H groups in total. The Balaban J connectivity index is 3.28. The molecule has 0 aliphatic heterocycles.